The molecule has 3 rings (SSSR count). The summed E-state index contributed by atoms with van der Waals surface area (Å²) in [4.78, 5) is 29.3. The number of aryl methyl sites for hydroxylation is 1. The maximum atomic E-state index is 12.0. The van der Waals surface area contributed by atoms with Crippen LogP contribution >= 0.6 is 0 Å². The molecule has 0 atom stereocenters. The summed E-state index contributed by atoms with van der Waals surface area (Å²) in [6.45, 7) is 1.74. The van der Waals surface area contributed by atoms with E-state index in [9.17, 15) is 9.59 Å². The van der Waals surface area contributed by atoms with Crippen molar-refractivity contribution in [2.45, 2.75) is 13.5 Å². The lowest BCUT2D eigenvalue weighted by Crippen LogP contribution is -2.29. The molecular formula is C13H11N3O4. The molecule has 0 aliphatic carbocycles. The Balaban J connectivity index is 2.00. The van der Waals surface area contributed by atoms with Crippen LogP contribution in [0.15, 0.2) is 22.7 Å². The Morgan fingerprint density at radius 2 is 2.15 bits per heavy atom. The van der Waals surface area contributed by atoms with E-state index in [0.717, 1.165) is 0 Å². The Bertz CT molecular complexity index is 707. The molecular weight excluding hydrogens is 262 g/mol. The van der Waals surface area contributed by atoms with Crippen molar-refractivity contribution in [1.29, 1.82) is 0 Å². The van der Waals surface area contributed by atoms with Crippen LogP contribution in [-0.4, -0.2) is 28.9 Å². The van der Waals surface area contributed by atoms with Gasteiger partial charge in [-0.2, -0.15) is 4.98 Å². The van der Waals surface area contributed by atoms with Gasteiger partial charge >= 0.3 is 0 Å². The lowest BCUT2D eigenvalue weighted by atomic mass is 10.1. The third-order valence-corrected chi connectivity index (χ3v) is 3.04. The Morgan fingerprint density at radius 1 is 1.35 bits per heavy atom. The molecule has 1 aromatic carbocycles. The summed E-state index contributed by atoms with van der Waals surface area (Å²) in [5.74, 6) is 0.170. The largest absolute Gasteiger partial charge is 0.497 e. The van der Waals surface area contributed by atoms with Crippen molar-refractivity contribution in [1.82, 2.24) is 10.1 Å². The van der Waals surface area contributed by atoms with Gasteiger partial charge < -0.3 is 9.26 Å². The fraction of sp³-hybridized carbons (Fsp3) is 0.231. The first-order valence-corrected chi connectivity index (χ1v) is 5.93. The van der Waals surface area contributed by atoms with Crippen LogP contribution in [0.25, 0.3) is 0 Å². The molecule has 102 valence electrons. The zero-order valence-corrected chi connectivity index (χ0v) is 10.9. The molecule has 20 heavy (non-hydrogen) atoms. The van der Waals surface area contributed by atoms with Crippen molar-refractivity contribution in [3.63, 3.8) is 0 Å². The summed E-state index contributed by atoms with van der Waals surface area (Å²) < 4.78 is 10.1. The minimum Gasteiger partial charge on any atom is -0.497 e. The number of fused-ring (bicyclic) bond motifs is 1. The van der Waals surface area contributed by atoms with Crippen molar-refractivity contribution in [3.8, 4) is 5.75 Å². The predicted octanol–water partition coefficient (Wildman–Crippen LogP) is 1.12. The fourth-order valence-corrected chi connectivity index (χ4v) is 2.10. The molecule has 1 amide bonds. The van der Waals surface area contributed by atoms with Gasteiger partial charge in [-0.25, -0.2) is 0 Å². The number of carbonyl (C=O) groups is 2. The number of Topliss-reactive ketones (excluding diaryl/α,β-unsaturated/α-hetero) is 1. The van der Waals surface area contributed by atoms with E-state index in [0.29, 0.717) is 22.8 Å². The SMILES string of the molecule is COc1ccc2c(c1)N(Cc1nc(C)no1)C(=O)C2=O. The van der Waals surface area contributed by atoms with Gasteiger partial charge in [0.2, 0.25) is 5.89 Å². The molecule has 1 aliphatic heterocycles. The number of aromatic nitrogens is 2. The van der Waals surface area contributed by atoms with Crippen LogP contribution < -0.4 is 9.64 Å². The number of methoxy groups -OCH3 is 1. The topological polar surface area (TPSA) is 85.5 Å². The Hall–Kier alpha value is -2.70. The lowest BCUT2D eigenvalue weighted by molar-refractivity contribution is -0.114. The van der Waals surface area contributed by atoms with Gasteiger partial charge in [0.15, 0.2) is 5.82 Å². The van der Waals surface area contributed by atoms with Crippen LogP contribution in [0.5, 0.6) is 5.75 Å². The first kappa shape index (κ1) is 12.3. The quantitative estimate of drug-likeness (QED) is 0.779. The molecule has 7 nitrogen and oxygen atoms in total. The summed E-state index contributed by atoms with van der Waals surface area (Å²) in [5.41, 5.74) is 0.849. The zero-order valence-electron chi connectivity index (χ0n) is 10.9. The molecule has 2 aromatic rings. The van der Waals surface area contributed by atoms with E-state index in [1.807, 2.05) is 0 Å². The standard InChI is InChI=1S/C13H11N3O4/c1-7-14-11(20-15-7)6-16-10-5-8(19-2)3-4-9(10)12(17)13(16)18/h3-5H,6H2,1-2H3. The van der Waals surface area contributed by atoms with Crippen molar-refractivity contribution in [3.05, 3.63) is 35.5 Å². The molecule has 0 unspecified atom stereocenters. The van der Waals surface area contributed by atoms with Gasteiger partial charge in [0.25, 0.3) is 11.7 Å². The highest BCUT2D eigenvalue weighted by Crippen LogP contribution is 2.33. The smallest absolute Gasteiger partial charge is 0.299 e. The number of nitrogens with zero attached hydrogens (tertiary/aromatic N) is 3. The number of rotatable bonds is 3. The second kappa shape index (κ2) is 4.44. The molecule has 0 bridgehead atoms. The summed E-state index contributed by atoms with van der Waals surface area (Å²) >= 11 is 0. The van der Waals surface area contributed by atoms with Crippen molar-refractivity contribution in [2.24, 2.45) is 0 Å². The second-order valence-corrected chi connectivity index (χ2v) is 4.34. The average molecular weight is 273 g/mol. The van der Waals surface area contributed by atoms with Crippen molar-refractivity contribution < 1.29 is 18.8 Å². The Morgan fingerprint density at radius 3 is 2.80 bits per heavy atom. The van der Waals surface area contributed by atoms with Crippen LogP contribution in [0.3, 0.4) is 0 Å². The Labute approximate surface area is 114 Å². The first-order chi connectivity index (χ1) is 9.60. The van der Waals surface area contributed by atoms with Gasteiger partial charge in [-0.1, -0.05) is 5.16 Å². The third-order valence-electron chi connectivity index (χ3n) is 3.04. The number of amides is 1. The molecule has 0 radical (unpaired) electrons. The summed E-state index contributed by atoms with van der Waals surface area (Å²) in [6.07, 6.45) is 0. The van der Waals surface area contributed by atoms with E-state index in [4.69, 9.17) is 9.26 Å². The molecule has 0 saturated heterocycles. The third kappa shape index (κ3) is 1.83. The van der Waals surface area contributed by atoms with Gasteiger partial charge in [-0.15, -0.1) is 0 Å². The molecule has 7 heteroatoms. The number of benzene rings is 1. The average Bonchev–Trinajstić information content (AvgIpc) is 2.96. The zero-order chi connectivity index (χ0) is 14.3. The van der Waals surface area contributed by atoms with Gasteiger partial charge in [0.1, 0.15) is 12.3 Å². The summed E-state index contributed by atoms with van der Waals surface area (Å²) in [5, 5.41) is 3.66. The van der Waals surface area contributed by atoms with Crippen LogP contribution in [0.4, 0.5) is 5.69 Å². The first-order valence-electron chi connectivity index (χ1n) is 5.93. The van der Waals surface area contributed by atoms with Crippen LogP contribution in [0, 0.1) is 6.92 Å². The fourth-order valence-electron chi connectivity index (χ4n) is 2.10. The summed E-state index contributed by atoms with van der Waals surface area (Å²) in [7, 11) is 1.52. The van der Waals surface area contributed by atoms with E-state index < -0.39 is 11.7 Å². The minimum absolute atomic E-state index is 0.0611. The van der Waals surface area contributed by atoms with Crippen molar-refractivity contribution in [2.75, 3.05) is 12.0 Å². The number of ether oxygens (including phenoxy) is 1. The molecule has 0 saturated carbocycles. The van der Waals surface area contributed by atoms with Gasteiger partial charge in [0.05, 0.1) is 18.4 Å². The highest BCUT2D eigenvalue weighted by atomic mass is 16.5. The van der Waals surface area contributed by atoms with Crippen LogP contribution in [0.2, 0.25) is 0 Å². The molecule has 1 aromatic heterocycles. The molecule has 0 spiro atoms. The molecule has 1 aliphatic rings. The van der Waals surface area contributed by atoms with E-state index in [1.54, 1.807) is 25.1 Å². The van der Waals surface area contributed by atoms with Gasteiger partial charge in [-0.05, 0) is 19.1 Å². The summed E-state index contributed by atoms with van der Waals surface area (Å²) in [6, 6.07) is 4.86. The predicted molar refractivity (Wildman–Crippen MR) is 67.5 cm³/mol. The minimum atomic E-state index is -0.607. The highest BCUT2D eigenvalue weighted by Gasteiger charge is 2.37. The maximum Gasteiger partial charge on any atom is 0.299 e. The monoisotopic (exact) mass is 273 g/mol. The highest BCUT2D eigenvalue weighted by molar-refractivity contribution is 6.52. The Kier molecular flexibility index (Phi) is 2.74. The van der Waals surface area contributed by atoms with Gasteiger partial charge in [-0.3, -0.25) is 14.5 Å². The lowest BCUT2D eigenvalue weighted by Gasteiger charge is -2.14. The van der Waals surface area contributed by atoms with E-state index in [2.05, 4.69) is 10.1 Å². The molecule has 0 N–H and O–H groups in total. The van der Waals surface area contributed by atoms with Crippen LogP contribution in [-0.2, 0) is 11.3 Å². The van der Waals surface area contributed by atoms with Gasteiger partial charge in [0, 0.05) is 6.07 Å². The number of hydrogen-bond acceptors (Lipinski definition) is 6. The number of ketones is 1. The molecule has 0 fully saturated rings. The molecule has 2 heterocycles. The van der Waals surface area contributed by atoms with Crippen LogP contribution in [0.1, 0.15) is 22.1 Å². The van der Waals surface area contributed by atoms with E-state index >= 15 is 0 Å². The number of anilines is 1. The maximum absolute atomic E-state index is 12.0. The normalized spacial score (nSPS) is 13.8. The van der Waals surface area contributed by atoms with E-state index in [-0.39, 0.29) is 12.4 Å². The van der Waals surface area contributed by atoms with E-state index in [1.165, 1.54) is 12.0 Å². The second-order valence-electron chi connectivity index (χ2n) is 4.34. The van der Waals surface area contributed by atoms with Crippen molar-refractivity contribution >= 4 is 17.4 Å². The number of hydrogen-bond donors (Lipinski definition) is 0. The number of carbonyl (C=O) groups excluding carboxylic acids is 2.